The Morgan fingerprint density at radius 1 is 1.12 bits per heavy atom. The number of nitrogens with zero attached hydrogens (tertiary/aromatic N) is 2. The fraction of sp³-hybridized carbons (Fsp3) is 0.690. The van der Waals surface area contributed by atoms with Crippen molar-refractivity contribution in [2.75, 3.05) is 6.54 Å². The first-order valence-corrected chi connectivity index (χ1v) is 16.1. The zero-order valence-corrected chi connectivity index (χ0v) is 25.8. The lowest BCUT2D eigenvalue weighted by Gasteiger charge is -2.30. The van der Waals surface area contributed by atoms with Crippen LogP contribution in [0.2, 0.25) is 0 Å². The molecular formula is C29H42N4O8S. The maximum absolute atomic E-state index is 13.8. The number of ether oxygens (including phenoxy) is 1. The number of amides is 3. The van der Waals surface area contributed by atoms with E-state index in [9.17, 15) is 27.6 Å². The molecule has 3 heterocycles. The van der Waals surface area contributed by atoms with E-state index >= 15 is 0 Å². The van der Waals surface area contributed by atoms with E-state index in [4.69, 9.17) is 9.26 Å². The van der Waals surface area contributed by atoms with Gasteiger partial charge in [-0.05, 0) is 79.1 Å². The minimum absolute atomic E-state index is 0.0605. The van der Waals surface area contributed by atoms with Crippen molar-refractivity contribution in [2.24, 2.45) is 11.3 Å². The van der Waals surface area contributed by atoms with Crippen LogP contribution in [0.1, 0.15) is 90.0 Å². The second-order valence-corrected chi connectivity index (χ2v) is 14.3. The predicted octanol–water partition coefficient (Wildman–Crippen LogP) is 3.47. The highest BCUT2D eigenvalue weighted by Gasteiger charge is 2.61. The summed E-state index contributed by atoms with van der Waals surface area (Å²) in [6.45, 7) is 8.49. The molecular weight excluding hydrogens is 564 g/mol. The fourth-order valence-electron chi connectivity index (χ4n) is 6.01. The molecule has 2 aliphatic heterocycles. The van der Waals surface area contributed by atoms with Gasteiger partial charge in [0.25, 0.3) is 10.0 Å². The third kappa shape index (κ3) is 7.04. The number of carbonyl (C=O) groups is 4. The number of ketones is 1. The predicted molar refractivity (Wildman–Crippen MR) is 152 cm³/mol. The van der Waals surface area contributed by atoms with Gasteiger partial charge in [-0.1, -0.05) is 30.2 Å². The van der Waals surface area contributed by atoms with Gasteiger partial charge in [-0.15, -0.1) is 0 Å². The van der Waals surface area contributed by atoms with Crippen molar-refractivity contribution in [3.8, 4) is 0 Å². The van der Waals surface area contributed by atoms with E-state index in [0.29, 0.717) is 38.6 Å². The van der Waals surface area contributed by atoms with Crippen LogP contribution in [0.5, 0.6) is 0 Å². The van der Waals surface area contributed by atoms with E-state index in [2.05, 4.69) is 15.2 Å². The molecule has 13 heteroatoms. The summed E-state index contributed by atoms with van der Waals surface area (Å²) in [6.07, 6.45) is 7.81. The smallest absolute Gasteiger partial charge is 0.408 e. The van der Waals surface area contributed by atoms with Crippen LogP contribution in [0.25, 0.3) is 0 Å². The summed E-state index contributed by atoms with van der Waals surface area (Å²) in [5, 5.41) is 6.39. The quantitative estimate of drug-likeness (QED) is 0.488. The number of fused-ring (bicyclic) bond motifs is 2. The van der Waals surface area contributed by atoms with E-state index in [1.165, 1.54) is 18.7 Å². The average Bonchev–Trinajstić information content (AvgIpc) is 3.18. The van der Waals surface area contributed by atoms with Crippen LogP contribution in [-0.4, -0.2) is 66.4 Å². The third-order valence-corrected chi connectivity index (χ3v) is 9.74. The van der Waals surface area contributed by atoms with Crippen molar-refractivity contribution >= 4 is 33.7 Å². The molecule has 1 saturated carbocycles. The van der Waals surface area contributed by atoms with Crippen molar-refractivity contribution in [1.29, 1.82) is 0 Å². The van der Waals surface area contributed by atoms with Crippen LogP contribution in [0.3, 0.4) is 0 Å². The molecule has 2 fully saturated rings. The highest BCUT2D eigenvalue weighted by atomic mass is 32.2. The Labute approximate surface area is 247 Å². The molecule has 4 rings (SSSR count). The molecule has 3 aliphatic rings. The summed E-state index contributed by atoms with van der Waals surface area (Å²) in [5.41, 5.74) is -1.85. The molecule has 1 aromatic rings. The van der Waals surface area contributed by atoms with Crippen molar-refractivity contribution in [2.45, 2.75) is 115 Å². The normalized spacial score (nSPS) is 28.1. The van der Waals surface area contributed by atoms with Gasteiger partial charge in [-0.2, -0.15) is 0 Å². The Bertz CT molecular complexity index is 1340. The van der Waals surface area contributed by atoms with Crippen molar-refractivity contribution in [3.63, 3.8) is 0 Å². The van der Waals surface area contributed by atoms with E-state index < -0.39 is 45.1 Å². The number of Topliss-reactive ketones (excluding diaryl/α,β-unsaturated/α-hetero) is 1. The number of hydrogen-bond donors (Lipinski definition) is 2. The lowest BCUT2D eigenvalue weighted by Crippen LogP contribution is -2.52. The van der Waals surface area contributed by atoms with E-state index in [1.807, 2.05) is 12.2 Å². The Morgan fingerprint density at radius 3 is 2.52 bits per heavy atom. The number of allylic oxidation sites excluding steroid dienone is 2. The van der Waals surface area contributed by atoms with Gasteiger partial charge < -0.3 is 19.5 Å². The third-order valence-electron chi connectivity index (χ3n) is 8.17. The molecule has 42 heavy (non-hydrogen) atoms. The minimum Gasteiger partial charge on any atom is -0.444 e. The topological polar surface area (TPSA) is 165 Å². The lowest BCUT2D eigenvalue weighted by molar-refractivity contribution is -0.140. The number of aromatic nitrogens is 1. The first kappa shape index (κ1) is 31.7. The molecule has 0 unspecified atom stereocenters. The van der Waals surface area contributed by atoms with E-state index in [0.717, 1.165) is 19.3 Å². The maximum atomic E-state index is 13.8. The molecule has 12 nitrogen and oxygen atoms in total. The second kappa shape index (κ2) is 12.2. The lowest BCUT2D eigenvalue weighted by atomic mass is 9.91. The molecule has 2 N–H and O–H groups in total. The highest BCUT2D eigenvalue weighted by molar-refractivity contribution is 7.90. The molecule has 0 aromatic carbocycles. The Hall–Kier alpha value is -3.22. The van der Waals surface area contributed by atoms with E-state index in [1.54, 1.807) is 20.8 Å². The second-order valence-electron chi connectivity index (χ2n) is 12.7. The van der Waals surface area contributed by atoms with E-state index in [-0.39, 0.29) is 40.4 Å². The first-order valence-electron chi connectivity index (χ1n) is 14.6. The zero-order valence-electron chi connectivity index (χ0n) is 25.0. The molecule has 0 bridgehead atoms. The summed E-state index contributed by atoms with van der Waals surface area (Å²) in [6, 6.07) is -1.61. The molecule has 0 radical (unpaired) electrons. The molecule has 1 saturated heterocycles. The van der Waals surface area contributed by atoms with Gasteiger partial charge in [0.05, 0.1) is 11.5 Å². The molecule has 3 amide bonds. The van der Waals surface area contributed by atoms with Gasteiger partial charge in [-0.25, -0.2) is 17.9 Å². The van der Waals surface area contributed by atoms with Crippen LogP contribution in [0.4, 0.5) is 4.79 Å². The number of alkyl carbamates (subject to hydrolysis) is 1. The molecule has 1 aromatic heterocycles. The number of nitrogens with one attached hydrogen (secondary N) is 2. The standard InChI is InChI=1S/C29H42N4O8S/c1-18-24(19(2)41-31-18)42(38,39)32-26(36)29-16-20(29)12-9-7-6-8-10-13-21(30-27(37)40-28(3,4)5)25(35)33-15-11-14-22(33)23(34)17-29/h9,12,20-22H,6-8,10-11,13-17H2,1-5H3,(H,30,37)(H,32,36)/b12-9-/t20-,21+,22+,29-/m1/s1. The number of hydrogen-bond acceptors (Lipinski definition) is 9. The monoisotopic (exact) mass is 606 g/mol. The summed E-state index contributed by atoms with van der Waals surface area (Å²) >= 11 is 0. The van der Waals surface area contributed by atoms with Gasteiger partial charge in [0.1, 0.15) is 17.3 Å². The fourth-order valence-corrected chi connectivity index (χ4v) is 7.40. The Kier molecular flexibility index (Phi) is 9.19. The van der Waals surface area contributed by atoms with Crippen molar-refractivity contribution in [1.82, 2.24) is 20.1 Å². The number of carbonyl (C=O) groups excluding carboxylic acids is 4. The average molecular weight is 607 g/mol. The zero-order chi connectivity index (χ0) is 30.9. The molecule has 0 spiro atoms. The number of sulfonamides is 1. The van der Waals surface area contributed by atoms with Crippen LogP contribution in [-0.2, 0) is 29.1 Å². The van der Waals surface area contributed by atoms with Crippen LogP contribution in [0.15, 0.2) is 21.6 Å². The first-order chi connectivity index (χ1) is 19.6. The van der Waals surface area contributed by atoms with Crippen LogP contribution < -0.4 is 10.0 Å². The number of rotatable bonds is 4. The van der Waals surface area contributed by atoms with Crippen molar-refractivity contribution < 1.29 is 36.9 Å². The Morgan fingerprint density at radius 2 is 1.86 bits per heavy atom. The number of aryl methyl sites for hydroxylation is 2. The Balaban J connectivity index is 1.57. The van der Waals surface area contributed by atoms with Gasteiger partial charge in [-0.3, -0.25) is 14.4 Å². The van der Waals surface area contributed by atoms with Crippen LogP contribution >= 0.6 is 0 Å². The summed E-state index contributed by atoms with van der Waals surface area (Å²) in [4.78, 5) is 55.0. The SMILES string of the molecule is Cc1noc(C)c1S(=O)(=O)NC(=O)[C@]12CC(=O)[C@@H]3CCCN3C(=O)[C@@H](NC(=O)OC(C)(C)C)CCCCC/C=C\[C@@H]1C2. The van der Waals surface area contributed by atoms with Gasteiger partial charge >= 0.3 is 6.09 Å². The largest absolute Gasteiger partial charge is 0.444 e. The summed E-state index contributed by atoms with van der Waals surface area (Å²) in [7, 11) is -4.29. The molecule has 4 atom stereocenters. The molecule has 232 valence electrons. The maximum Gasteiger partial charge on any atom is 0.408 e. The van der Waals surface area contributed by atoms with Gasteiger partial charge in [0, 0.05) is 13.0 Å². The summed E-state index contributed by atoms with van der Waals surface area (Å²) < 4.78 is 38.8. The minimum atomic E-state index is -4.29. The van der Waals surface area contributed by atoms with Crippen molar-refractivity contribution in [3.05, 3.63) is 23.6 Å². The van der Waals surface area contributed by atoms with Crippen LogP contribution in [0, 0.1) is 25.2 Å². The highest BCUT2D eigenvalue weighted by Crippen LogP contribution is 2.57. The van der Waals surface area contributed by atoms with Gasteiger partial charge in [0.15, 0.2) is 16.4 Å². The molecule has 1 aliphatic carbocycles. The summed E-state index contributed by atoms with van der Waals surface area (Å²) in [5.74, 6) is -1.65. The van der Waals surface area contributed by atoms with Gasteiger partial charge in [0.2, 0.25) is 11.8 Å².